The van der Waals surface area contributed by atoms with Crippen LogP contribution in [0, 0.1) is 11.7 Å². The van der Waals surface area contributed by atoms with Gasteiger partial charge in [-0.05, 0) is 30.9 Å². The molecule has 0 spiro atoms. The number of benzene rings is 1. The molecule has 0 bridgehead atoms. The average molecular weight is 280 g/mol. The predicted molar refractivity (Wildman–Crippen MR) is 78.1 cm³/mol. The first-order valence-electron chi connectivity index (χ1n) is 7.76. The van der Waals surface area contributed by atoms with Gasteiger partial charge in [0, 0.05) is 11.5 Å². The Hall–Kier alpha value is -0.930. The van der Waals surface area contributed by atoms with Crippen LogP contribution in [-0.2, 0) is 15.9 Å². The molecule has 1 saturated heterocycles. The quantitative estimate of drug-likeness (QED) is 0.756. The molecule has 1 aliphatic rings. The van der Waals surface area contributed by atoms with Crippen LogP contribution in [0.2, 0.25) is 0 Å². The molecule has 0 aromatic heterocycles. The molecule has 2 nitrogen and oxygen atoms in total. The Bertz CT molecular complexity index is 411. The van der Waals surface area contributed by atoms with Gasteiger partial charge in [-0.15, -0.1) is 0 Å². The van der Waals surface area contributed by atoms with Crippen molar-refractivity contribution in [2.45, 2.75) is 52.2 Å². The summed E-state index contributed by atoms with van der Waals surface area (Å²) >= 11 is 0. The van der Waals surface area contributed by atoms with Crippen LogP contribution in [0.1, 0.15) is 56.9 Å². The van der Waals surface area contributed by atoms with Crippen LogP contribution in [0.25, 0.3) is 0 Å². The monoisotopic (exact) mass is 280 g/mol. The lowest BCUT2D eigenvalue weighted by Crippen LogP contribution is -2.27. The van der Waals surface area contributed by atoms with Gasteiger partial charge in [0.2, 0.25) is 0 Å². The lowest BCUT2D eigenvalue weighted by atomic mass is 10.0. The average Bonchev–Trinajstić information content (AvgIpc) is 2.47. The molecular formula is C17H25FO2. The summed E-state index contributed by atoms with van der Waals surface area (Å²) in [5, 5.41) is 0. The van der Waals surface area contributed by atoms with E-state index in [1.54, 1.807) is 6.07 Å². The molecule has 1 heterocycles. The van der Waals surface area contributed by atoms with Gasteiger partial charge in [0.15, 0.2) is 6.29 Å². The van der Waals surface area contributed by atoms with Gasteiger partial charge in [-0.2, -0.15) is 0 Å². The zero-order valence-electron chi connectivity index (χ0n) is 12.5. The molecular weight excluding hydrogens is 255 g/mol. The van der Waals surface area contributed by atoms with E-state index in [0.717, 1.165) is 43.2 Å². The van der Waals surface area contributed by atoms with E-state index in [1.807, 2.05) is 12.1 Å². The smallest absolute Gasteiger partial charge is 0.183 e. The van der Waals surface area contributed by atoms with Crippen molar-refractivity contribution in [2.75, 3.05) is 13.2 Å². The Labute approximate surface area is 121 Å². The summed E-state index contributed by atoms with van der Waals surface area (Å²) in [7, 11) is 0. The Morgan fingerprint density at radius 2 is 1.90 bits per heavy atom. The minimum Gasteiger partial charge on any atom is -0.348 e. The second kappa shape index (κ2) is 7.75. The van der Waals surface area contributed by atoms with Crippen molar-refractivity contribution in [3.63, 3.8) is 0 Å². The van der Waals surface area contributed by atoms with E-state index in [9.17, 15) is 4.39 Å². The van der Waals surface area contributed by atoms with E-state index in [-0.39, 0.29) is 5.82 Å². The van der Waals surface area contributed by atoms with Crippen LogP contribution in [-0.4, -0.2) is 13.2 Å². The van der Waals surface area contributed by atoms with Gasteiger partial charge >= 0.3 is 0 Å². The molecule has 0 unspecified atom stereocenters. The predicted octanol–water partition coefficient (Wildman–Crippen LogP) is 4.63. The molecule has 0 aliphatic carbocycles. The van der Waals surface area contributed by atoms with E-state index >= 15 is 0 Å². The van der Waals surface area contributed by atoms with Crippen LogP contribution in [0.5, 0.6) is 0 Å². The lowest BCUT2D eigenvalue weighted by molar-refractivity contribution is -0.206. The third-order valence-corrected chi connectivity index (χ3v) is 3.81. The first-order valence-corrected chi connectivity index (χ1v) is 7.76. The molecule has 1 aliphatic heterocycles. The van der Waals surface area contributed by atoms with E-state index in [0.29, 0.717) is 19.1 Å². The Morgan fingerprint density at radius 3 is 2.50 bits per heavy atom. The van der Waals surface area contributed by atoms with Crippen LogP contribution in [0.4, 0.5) is 4.39 Å². The molecule has 2 rings (SSSR count). The number of ether oxygens (including phenoxy) is 2. The maximum Gasteiger partial charge on any atom is 0.183 e. The van der Waals surface area contributed by atoms with Crippen molar-refractivity contribution >= 4 is 0 Å². The molecule has 0 saturated carbocycles. The van der Waals surface area contributed by atoms with Gasteiger partial charge in [0.05, 0.1) is 13.2 Å². The third-order valence-electron chi connectivity index (χ3n) is 3.81. The van der Waals surface area contributed by atoms with Crippen LogP contribution in [0.3, 0.4) is 0 Å². The molecule has 1 aromatic rings. The summed E-state index contributed by atoms with van der Waals surface area (Å²) in [4.78, 5) is 0. The zero-order chi connectivity index (χ0) is 14.4. The van der Waals surface area contributed by atoms with Crippen LogP contribution < -0.4 is 0 Å². The highest BCUT2D eigenvalue weighted by Crippen LogP contribution is 2.28. The minimum atomic E-state index is -0.405. The van der Waals surface area contributed by atoms with Crippen molar-refractivity contribution in [1.29, 1.82) is 0 Å². The Kier molecular flexibility index (Phi) is 5.99. The molecule has 20 heavy (non-hydrogen) atoms. The molecule has 3 heteroatoms. The Morgan fingerprint density at radius 1 is 1.15 bits per heavy atom. The second-order valence-corrected chi connectivity index (χ2v) is 5.61. The van der Waals surface area contributed by atoms with Crippen molar-refractivity contribution in [2.24, 2.45) is 5.92 Å². The normalized spacial score (nSPS) is 22.9. The van der Waals surface area contributed by atoms with Crippen molar-refractivity contribution in [3.05, 3.63) is 35.1 Å². The number of aryl methyl sites for hydroxylation is 1. The molecule has 1 aromatic carbocycles. The highest BCUT2D eigenvalue weighted by Gasteiger charge is 2.23. The van der Waals surface area contributed by atoms with Gasteiger partial charge in [0.1, 0.15) is 5.82 Å². The van der Waals surface area contributed by atoms with Crippen LogP contribution >= 0.6 is 0 Å². The van der Waals surface area contributed by atoms with E-state index in [1.165, 1.54) is 0 Å². The molecule has 0 N–H and O–H groups in total. The summed E-state index contributed by atoms with van der Waals surface area (Å²) in [5.74, 6) is 0.337. The number of rotatable bonds is 6. The maximum absolute atomic E-state index is 14.0. The number of unbranched alkanes of at least 4 members (excludes halogenated alkanes) is 1. The zero-order valence-corrected chi connectivity index (χ0v) is 12.5. The number of hydrogen-bond acceptors (Lipinski definition) is 2. The van der Waals surface area contributed by atoms with Crippen molar-refractivity contribution < 1.29 is 13.9 Å². The topological polar surface area (TPSA) is 18.5 Å². The van der Waals surface area contributed by atoms with Gasteiger partial charge < -0.3 is 9.47 Å². The fraction of sp³-hybridized carbons (Fsp3) is 0.647. The number of halogens is 1. The van der Waals surface area contributed by atoms with Gasteiger partial charge in [0.25, 0.3) is 0 Å². The molecule has 112 valence electrons. The van der Waals surface area contributed by atoms with Crippen LogP contribution in [0.15, 0.2) is 18.2 Å². The molecule has 0 radical (unpaired) electrons. The summed E-state index contributed by atoms with van der Waals surface area (Å²) in [5.41, 5.74) is 1.58. The fourth-order valence-electron chi connectivity index (χ4n) is 2.59. The Balaban J connectivity index is 1.95. The highest BCUT2D eigenvalue weighted by atomic mass is 19.1. The summed E-state index contributed by atoms with van der Waals surface area (Å²) in [6.07, 6.45) is 4.76. The summed E-state index contributed by atoms with van der Waals surface area (Å²) in [6, 6.07) is 5.36. The first-order chi connectivity index (χ1) is 9.74. The van der Waals surface area contributed by atoms with Crippen molar-refractivity contribution in [1.82, 2.24) is 0 Å². The lowest BCUT2D eigenvalue weighted by Gasteiger charge is -2.29. The summed E-state index contributed by atoms with van der Waals surface area (Å²) in [6.45, 7) is 5.69. The van der Waals surface area contributed by atoms with E-state index < -0.39 is 6.29 Å². The molecule has 0 atom stereocenters. The van der Waals surface area contributed by atoms with Crippen molar-refractivity contribution in [3.8, 4) is 0 Å². The van der Waals surface area contributed by atoms with Gasteiger partial charge in [-0.25, -0.2) is 4.39 Å². The minimum absolute atomic E-state index is 0.140. The second-order valence-electron chi connectivity index (χ2n) is 5.61. The highest BCUT2D eigenvalue weighted by molar-refractivity contribution is 5.25. The molecule has 1 fully saturated rings. The molecule has 0 amide bonds. The van der Waals surface area contributed by atoms with Gasteiger partial charge in [-0.1, -0.05) is 38.8 Å². The summed E-state index contributed by atoms with van der Waals surface area (Å²) < 4.78 is 25.4. The van der Waals surface area contributed by atoms with E-state index in [2.05, 4.69) is 13.8 Å². The maximum atomic E-state index is 14.0. The van der Waals surface area contributed by atoms with Gasteiger partial charge in [-0.3, -0.25) is 0 Å². The number of hydrogen-bond donors (Lipinski definition) is 0. The largest absolute Gasteiger partial charge is 0.348 e. The first kappa shape index (κ1) is 15.5. The SMILES string of the molecule is CCCCc1ccc(C2OCC(CCC)CO2)cc1F. The third kappa shape index (κ3) is 4.03. The van der Waals surface area contributed by atoms with E-state index in [4.69, 9.17) is 9.47 Å². The fourth-order valence-corrected chi connectivity index (χ4v) is 2.59. The standard InChI is InChI=1S/C17H25FO2/c1-3-5-7-14-8-9-15(10-16(14)18)17-19-11-13(6-4-2)12-20-17/h8-10,13,17H,3-7,11-12H2,1-2H3.